The lowest BCUT2D eigenvalue weighted by molar-refractivity contribution is -0.139. The van der Waals surface area contributed by atoms with Gasteiger partial charge in [-0.1, -0.05) is 19.8 Å². The molecule has 0 spiro atoms. The van der Waals surface area contributed by atoms with Gasteiger partial charge in [-0.3, -0.25) is 9.59 Å². The first kappa shape index (κ1) is 21.8. The number of imide groups is 1. The van der Waals surface area contributed by atoms with E-state index < -0.39 is 17.6 Å². The highest BCUT2D eigenvalue weighted by atomic mass is 16.5. The maximum atomic E-state index is 13.8. The predicted molar refractivity (Wildman–Crippen MR) is 124 cm³/mol. The largest absolute Gasteiger partial charge is 0.497 e. The number of H-pyrrole nitrogens is 1. The highest BCUT2D eigenvalue weighted by Gasteiger charge is 2.60. The molecule has 3 heterocycles. The Labute approximate surface area is 193 Å². The van der Waals surface area contributed by atoms with Gasteiger partial charge in [0, 0.05) is 23.5 Å². The fraction of sp³-hybridized carbons (Fsp3) is 0.560. The molecule has 1 aliphatic carbocycles. The molecule has 8 heteroatoms. The number of methoxy groups -OCH3 is 1. The van der Waals surface area contributed by atoms with Crippen molar-refractivity contribution in [2.45, 2.75) is 70.5 Å². The number of hydrogen-bond donors (Lipinski definition) is 2. The smallest absolute Gasteiger partial charge is 0.328 e. The monoisotopic (exact) mass is 452 g/mol. The van der Waals surface area contributed by atoms with Gasteiger partial charge in [0.1, 0.15) is 11.8 Å². The molecule has 0 bridgehead atoms. The molecule has 0 radical (unpaired) electrons. The highest BCUT2D eigenvalue weighted by Crippen LogP contribution is 2.45. The van der Waals surface area contributed by atoms with Crippen molar-refractivity contribution in [3.05, 3.63) is 29.5 Å². The van der Waals surface area contributed by atoms with Gasteiger partial charge in [-0.2, -0.15) is 0 Å². The third-order valence-corrected chi connectivity index (χ3v) is 8.00. The van der Waals surface area contributed by atoms with Crippen LogP contribution in [-0.4, -0.2) is 58.4 Å². The number of ether oxygens (including phenoxy) is 1. The van der Waals surface area contributed by atoms with E-state index in [0.29, 0.717) is 18.9 Å². The van der Waals surface area contributed by atoms with Crippen molar-refractivity contribution in [1.82, 2.24) is 20.1 Å². The molecule has 2 fully saturated rings. The Morgan fingerprint density at radius 3 is 2.76 bits per heavy atom. The van der Waals surface area contributed by atoms with Crippen molar-refractivity contribution >= 4 is 28.7 Å². The van der Waals surface area contributed by atoms with Crippen molar-refractivity contribution in [1.29, 1.82) is 0 Å². The molecular weight excluding hydrogens is 420 g/mol. The summed E-state index contributed by atoms with van der Waals surface area (Å²) in [5.41, 5.74) is 1.49. The Balaban J connectivity index is 1.46. The molecule has 8 nitrogen and oxygen atoms in total. The van der Waals surface area contributed by atoms with E-state index in [0.717, 1.165) is 52.1 Å². The topological polar surface area (TPSA) is 94.7 Å². The Morgan fingerprint density at radius 2 is 2.03 bits per heavy atom. The maximum absolute atomic E-state index is 13.8. The molecule has 4 atom stereocenters. The molecule has 2 aromatic rings. The van der Waals surface area contributed by atoms with Crippen LogP contribution in [0, 0.1) is 5.92 Å². The number of nitrogens with one attached hydrogen (secondary N) is 2. The summed E-state index contributed by atoms with van der Waals surface area (Å²) in [4.78, 5) is 46.4. The van der Waals surface area contributed by atoms with Gasteiger partial charge in [0.2, 0.25) is 5.91 Å². The van der Waals surface area contributed by atoms with E-state index in [2.05, 4.69) is 17.2 Å². The number of carbonyl (C=O) groups is 3. The number of aromatic amines is 1. The molecule has 1 aromatic carbocycles. The molecule has 3 aliphatic rings. The van der Waals surface area contributed by atoms with Gasteiger partial charge in [-0.25, -0.2) is 9.69 Å². The number of benzene rings is 1. The van der Waals surface area contributed by atoms with Crippen LogP contribution in [0.1, 0.15) is 57.7 Å². The molecule has 1 saturated heterocycles. The van der Waals surface area contributed by atoms with Crippen molar-refractivity contribution in [3.8, 4) is 5.75 Å². The minimum absolute atomic E-state index is 0.0926. The van der Waals surface area contributed by atoms with Crippen LogP contribution >= 0.6 is 0 Å². The van der Waals surface area contributed by atoms with E-state index in [1.54, 1.807) is 25.9 Å². The zero-order valence-corrected chi connectivity index (χ0v) is 19.7. The van der Waals surface area contributed by atoms with Gasteiger partial charge in [0.05, 0.1) is 12.8 Å². The van der Waals surface area contributed by atoms with Crippen LogP contribution in [-0.2, 0) is 21.5 Å². The van der Waals surface area contributed by atoms with Gasteiger partial charge >= 0.3 is 6.03 Å². The number of amides is 4. The Bertz CT molecular complexity index is 1140. The van der Waals surface area contributed by atoms with E-state index in [-0.39, 0.29) is 17.9 Å². The van der Waals surface area contributed by atoms with Crippen molar-refractivity contribution in [3.63, 3.8) is 0 Å². The number of fused-ring (bicyclic) bond motifs is 5. The second-order valence-corrected chi connectivity index (χ2v) is 9.87. The van der Waals surface area contributed by atoms with E-state index >= 15 is 0 Å². The molecule has 4 amide bonds. The maximum Gasteiger partial charge on any atom is 0.328 e. The third-order valence-electron chi connectivity index (χ3n) is 8.00. The first-order valence-electron chi connectivity index (χ1n) is 11.9. The van der Waals surface area contributed by atoms with E-state index in [9.17, 15) is 14.4 Å². The molecule has 2 aliphatic heterocycles. The molecule has 176 valence electrons. The second-order valence-electron chi connectivity index (χ2n) is 9.87. The summed E-state index contributed by atoms with van der Waals surface area (Å²) < 4.78 is 5.38. The first-order valence-corrected chi connectivity index (χ1v) is 11.9. The van der Waals surface area contributed by atoms with Gasteiger partial charge in [-0.15, -0.1) is 0 Å². The lowest BCUT2D eigenvalue weighted by Crippen LogP contribution is -2.52. The van der Waals surface area contributed by atoms with Crippen LogP contribution in [0.4, 0.5) is 4.79 Å². The van der Waals surface area contributed by atoms with E-state index in [1.165, 1.54) is 6.42 Å². The molecule has 5 rings (SSSR count). The second kappa shape index (κ2) is 7.78. The van der Waals surface area contributed by atoms with Crippen LogP contribution in [0.3, 0.4) is 0 Å². The normalized spacial score (nSPS) is 28.0. The summed E-state index contributed by atoms with van der Waals surface area (Å²) in [5, 5.41) is 4.11. The van der Waals surface area contributed by atoms with E-state index in [4.69, 9.17) is 4.74 Å². The Kier molecular flexibility index (Phi) is 5.14. The van der Waals surface area contributed by atoms with Crippen molar-refractivity contribution in [2.24, 2.45) is 5.92 Å². The SMILES string of the molecule is COc1ccc2[nH]c3c(c2c1)CCN1C(=O)N([C@@H](C)C(=O)N[C@@H]2CCCC[C@H]2C)C(=O)[C@]31C. The predicted octanol–water partition coefficient (Wildman–Crippen LogP) is 3.30. The number of carbonyl (C=O) groups excluding carboxylic acids is 3. The minimum atomic E-state index is -1.16. The minimum Gasteiger partial charge on any atom is -0.497 e. The molecule has 33 heavy (non-hydrogen) atoms. The van der Waals surface area contributed by atoms with Crippen LogP contribution in [0.5, 0.6) is 5.75 Å². The third kappa shape index (κ3) is 3.14. The Hall–Kier alpha value is -3.03. The van der Waals surface area contributed by atoms with Gasteiger partial charge in [0.25, 0.3) is 5.91 Å². The number of urea groups is 1. The fourth-order valence-electron chi connectivity index (χ4n) is 5.86. The number of hydrogen-bond acceptors (Lipinski definition) is 4. The molecular formula is C25H32N4O4. The number of rotatable bonds is 4. The summed E-state index contributed by atoms with van der Waals surface area (Å²) in [6.07, 6.45) is 4.92. The van der Waals surface area contributed by atoms with Crippen molar-refractivity contribution < 1.29 is 19.1 Å². The zero-order chi connectivity index (χ0) is 23.5. The quantitative estimate of drug-likeness (QED) is 0.696. The number of aromatic nitrogens is 1. The molecule has 1 saturated carbocycles. The molecule has 1 aromatic heterocycles. The summed E-state index contributed by atoms with van der Waals surface area (Å²) >= 11 is 0. The van der Waals surface area contributed by atoms with Crippen LogP contribution in [0.2, 0.25) is 0 Å². The highest BCUT2D eigenvalue weighted by molar-refractivity contribution is 6.11. The van der Waals surface area contributed by atoms with Gasteiger partial charge in [-0.05, 0) is 62.8 Å². The summed E-state index contributed by atoms with van der Waals surface area (Å²) in [6.45, 7) is 6.00. The van der Waals surface area contributed by atoms with Gasteiger partial charge < -0.3 is 19.9 Å². The van der Waals surface area contributed by atoms with Crippen molar-refractivity contribution in [2.75, 3.05) is 13.7 Å². The Morgan fingerprint density at radius 1 is 1.27 bits per heavy atom. The van der Waals surface area contributed by atoms with Crippen LogP contribution in [0.25, 0.3) is 10.9 Å². The molecule has 2 N–H and O–H groups in total. The average Bonchev–Trinajstić information content (AvgIpc) is 3.28. The summed E-state index contributed by atoms with van der Waals surface area (Å²) in [5.74, 6) is 0.524. The zero-order valence-electron chi connectivity index (χ0n) is 19.7. The average molecular weight is 453 g/mol. The lowest BCUT2D eigenvalue weighted by atomic mass is 9.85. The molecule has 0 unspecified atom stereocenters. The number of nitrogens with zero attached hydrogens (tertiary/aromatic N) is 2. The van der Waals surface area contributed by atoms with Crippen LogP contribution in [0.15, 0.2) is 18.2 Å². The summed E-state index contributed by atoms with van der Waals surface area (Å²) in [6, 6.07) is 4.59. The van der Waals surface area contributed by atoms with Crippen LogP contribution < -0.4 is 10.1 Å². The fourth-order valence-corrected chi connectivity index (χ4v) is 5.86. The standard InChI is InChI=1S/C25H32N4O4/c1-14-7-5-6-8-19(14)27-22(30)15(2)29-23(31)25(3)21-17(11-12-28(25)24(29)32)18-13-16(33-4)9-10-20(18)26-21/h9-10,13-15,19,26H,5-8,11-12H2,1-4H3,(H,27,30)/t14-,15+,19-,25+/m1/s1. The lowest BCUT2D eigenvalue weighted by Gasteiger charge is -2.36. The van der Waals surface area contributed by atoms with Gasteiger partial charge in [0.15, 0.2) is 5.54 Å². The van der Waals surface area contributed by atoms with E-state index in [1.807, 2.05) is 18.2 Å². The summed E-state index contributed by atoms with van der Waals surface area (Å²) in [7, 11) is 1.63. The first-order chi connectivity index (χ1) is 15.8.